The SMILES string of the molecule is C[C@@H](Oc1ccc(N(C)S(C)(=O)=O)cc1)C(=O)O. The Bertz CT molecular complexity index is 523. The molecule has 0 spiro atoms. The van der Waals surface area contributed by atoms with Gasteiger partial charge in [0.25, 0.3) is 0 Å². The largest absolute Gasteiger partial charge is 0.479 e. The monoisotopic (exact) mass is 273 g/mol. The molecule has 1 N–H and O–H groups in total. The third-order valence-electron chi connectivity index (χ3n) is 2.36. The fourth-order valence-electron chi connectivity index (χ4n) is 1.18. The Balaban J connectivity index is 2.84. The number of benzene rings is 1. The quantitative estimate of drug-likeness (QED) is 0.863. The van der Waals surface area contributed by atoms with E-state index in [9.17, 15) is 13.2 Å². The molecule has 0 aliphatic rings. The summed E-state index contributed by atoms with van der Waals surface area (Å²) in [5.74, 6) is -0.692. The van der Waals surface area contributed by atoms with Gasteiger partial charge in [0, 0.05) is 7.05 Å². The Kier molecular flexibility index (Phi) is 4.18. The van der Waals surface area contributed by atoms with E-state index in [0.717, 1.165) is 10.6 Å². The van der Waals surface area contributed by atoms with Crippen molar-refractivity contribution in [2.75, 3.05) is 17.6 Å². The number of anilines is 1. The van der Waals surface area contributed by atoms with Gasteiger partial charge in [-0.1, -0.05) is 0 Å². The van der Waals surface area contributed by atoms with Crippen molar-refractivity contribution in [2.45, 2.75) is 13.0 Å². The molecule has 1 aromatic rings. The summed E-state index contributed by atoms with van der Waals surface area (Å²) in [5, 5.41) is 8.68. The van der Waals surface area contributed by atoms with Gasteiger partial charge >= 0.3 is 5.97 Å². The maximum Gasteiger partial charge on any atom is 0.344 e. The molecule has 0 heterocycles. The molecule has 0 saturated heterocycles. The van der Waals surface area contributed by atoms with Gasteiger partial charge in [0.1, 0.15) is 5.75 Å². The van der Waals surface area contributed by atoms with Gasteiger partial charge in [-0.15, -0.1) is 0 Å². The summed E-state index contributed by atoms with van der Waals surface area (Å²) in [6, 6.07) is 6.14. The first-order chi connectivity index (χ1) is 8.21. The average Bonchev–Trinajstić information content (AvgIpc) is 2.27. The molecule has 0 aliphatic heterocycles. The first kappa shape index (κ1) is 14.3. The van der Waals surface area contributed by atoms with Gasteiger partial charge in [0.05, 0.1) is 11.9 Å². The molecule has 7 heteroatoms. The summed E-state index contributed by atoms with van der Waals surface area (Å²) in [6.07, 6.45) is 0.146. The topological polar surface area (TPSA) is 83.9 Å². The Labute approximate surface area is 106 Å². The Morgan fingerprint density at radius 3 is 2.22 bits per heavy atom. The first-order valence-electron chi connectivity index (χ1n) is 5.15. The second-order valence-corrected chi connectivity index (χ2v) is 5.84. The van der Waals surface area contributed by atoms with Crippen LogP contribution >= 0.6 is 0 Å². The van der Waals surface area contributed by atoms with Crippen LogP contribution in [0.4, 0.5) is 5.69 Å². The smallest absolute Gasteiger partial charge is 0.344 e. The van der Waals surface area contributed by atoms with E-state index in [1.165, 1.54) is 26.1 Å². The maximum absolute atomic E-state index is 11.3. The molecular formula is C11H15NO5S. The third-order valence-corrected chi connectivity index (χ3v) is 3.56. The van der Waals surface area contributed by atoms with Crippen molar-refractivity contribution >= 4 is 21.7 Å². The van der Waals surface area contributed by atoms with Crippen molar-refractivity contribution in [2.24, 2.45) is 0 Å². The summed E-state index contributed by atoms with van der Waals surface area (Å²) >= 11 is 0. The van der Waals surface area contributed by atoms with Crippen LogP contribution in [0, 0.1) is 0 Å². The molecule has 0 bridgehead atoms. The zero-order chi connectivity index (χ0) is 13.9. The zero-order valence-corrected chi connectivity index (χ0v) is 11.1. The van der Waals surface area contributed by atoms with Crippen LogP contribution in [0.3, 0.4) is 0 Å². The normalized spacial score (nSPS) is 12.8. The number of aliphatic carboxylic acids is 1. The molecule has 1 atom stereocenters. The number of nitrogens with zero attached hydrogens (tertiary/aromatic N) is 1. The third kappa shape index (κ3) is 3.63. The highest BCUT2D eigenvalue weighted by atomic mass is 32.2. The molecule has 0 aromatic heterocycles. The minimum atomic E-state index is -3.31. The van der Waals surface area contributed by atoms with Crippen LogP contribution in [0.5, 0.6) is 5.75 Å². The summed E-state index contributed by atoms with van der Waals surface area (Å²) in [4.78, 5) is 10.6. The lowest BCUT2D eigenvalue weighted by Gasteiger charge is -2.17. The lowest BCUT2D eigenvalue weighted by Crippen LogP contribution is -2.25. The second-order valence-electron chi connectivity index (χ2n) is 3.82. The molecule has 1 rings (SSSR count). The molecule has 1 aromatic carbocycles. The molecule has 0 saturated carbocycles. The van der Waals surface area contributed by atoms with Crippen LogP contribution in [0.1, 0.15) is 6.92 Å². The van der Waals surface area contributed by atoms with E-state index >= 15 is 0 Å². The van der Waals surface area contributed by atoms with E-state index in [-0.39, 0.29) is 0 Å². The maximum atomic E-state index is 11.3. The molecule has 0 unspecified atom stereocenters. The summed E-state index contributed by atoms with van der Waals surface area (Å²) in [5.41, 5.74) is 0.479. The van der Waals surface area contributed by atoms with Crippen LogP contribution < -0.4 is 9.04 Å². The minimum absolute atomic E-state index is 0.371. The molecule has 0 fully saturated rings. The predicted molar refractivity (Wildman–Crippen MR) is 67.4 cm³/mol. The van der Waals surface area contributed by atoms with Crippen molar-refractivity contribution in [3.8, 4) is 5.75 Å². The summed E-state index contributed by atoms with van der Waals surface area (Å²) < 4.78 is 28.9. The summed E-state index contributed by atoms with van der Waals surface area (Å²) in [7, 11) is -1.87. The lowest BCUT2D eigenvalue weighted by atomic mass is 10.3. The van der Waals surface area contributed by atoms with E-state index in [1.807, 2.05) is 0 Å². The van der Waals surface area contributed by atoms with Crippen LogP contribution in [0.15, 0.2) is 24.3 Å². The number of hydrogen-bond donors (Lipinski definition) is 1. The number of sulfonamides is 1. The van der Waals surface area contributed by atoms with E-state index in [4.69, 9.17) is 9.84 Å². The number of carboxylic acid groups (broad SMARTS) is 1. The van der Waals surface area contributed by atoms with Gasteiger partial charge in [-0.3, -0.25) is 4.31 Å². The molecule has 18 heavy (non-hydrogen) atoms. The van der Waals surface area contributed by atoms with E-state index in [1.54, 1.807) is 12.1 Å². The fraction of sp³-hybridized carbons (Fsp3) is 0.364. The molecule has 0 amide bonds. The van der Waals surface area contributed by atoms with Gasteiger partial charge in [-0.2, -0.15) is 0 Å². The Hall–Kier alpha value is -1.76. The highest BCUT2D eigenvalue weighted by molar-refractivity contribution is 7.92. The second kappa shape index (κ2) is 5.26. The molecule has 6 nitrogen and oxygen atoms in total. The van der Waals surface area contributed by atoms with Crippen molar-refractivity contribution in [1.29, 1.82) is 0 Å². The van der Waals surface area contributed by atoms with Crippen LogP contribution in [-0.2, 0) is 14.8 Å². The standard InChI is InChI=1S/C11H15NO5S/c1-8(11(13)14)17-10-6-4-9(5-7-10)12(2)18(3,15)16/h4-8H,1-3H3,(H,13,14)/t8-/m1/s1. The highest BCUT2D eigenvalue weighted by Crippen LogP contribution is 2.20. The number of carbonyl (C=O) groups is 1. The van der Waals surface area contributed by atoms with Gasteiger partial charge in [0.15, 0.2) is 6.10 Å². The minimum Gasteiger partial charge on any atom is -0.479 e. The van der Waals surface area contributed by atoms with Crippen molar-refractivity contribution in [1.82, 2.24) is 0 Å². The summed E-state index contributed by atoms with van der Waals surface area (Å²) in [6.45, 7) is 1.42. The van der Waals surface area contributed by atoms with E-state index < -0.39 is 22.1 Å². The van der Waals surface area contributed by atoms with Gasteiger partial charge in [-0.05, 0) is 31.2 Å². The molecule has 0 radical (unpaired) electrons. The Morgan fingerprint density at radius 2 is 1.83 bits per heavy atom. The highest BCUT2D eigenvalue weighted by Gasteiger charge is 2.14. The van der Waals surface area contributed by atoms with E-state index in [0.29, 0.717) is 11.4 Å². The van der Waals surface area contributed by atoms with Gasteiger partial charge < -0.3 is 9.84 Å². The average molecular weight is 273 g/mol. The van der Waals surface area contributed by atoms with Crippen molar-refractivity contribution in [3.63, 3.8) is 0 Å². The zero-order valence-electron chi connectivity index (χ0n) is 10.3. The van der Waals surface area contributed by atoms with Crippen LogP contribution in [0.2, 0.25) is 0 Å². The molecule has 0 aliphatic carbocycles. The first-order valence-corrected chi connectivity index (χ1v) is 7.00. The van der Waals surface area contributed by atoms with Crippen LogP contribution in [-0.4, -0.2) is 38.9 Å². The number of carboxylic acids is 1. The van der Waals surface area contributed by atoms with E-state index in [2.05, 4.69) is 0 Å². The molecule has 100 valence electrons. The number of hydrogen-bond acceptors (Lipinski definition) is 4. The number of rotatable bonds is 5. The van der Waals surface area contributed by atoms with Gasteiger partial charge in [0.2, 0.25) is 10.0 Å². The fourth-order valence-corrected chi connectivity index (χ4v) is 1.69. The van der Waals surface area contributed by atoms with Gasteiger partial charge in [-0.25, -0.2) is 13.2 Å². The number of ether oxygens (including phenoxy) is 1. The lowest BCUT2D eigenvalue weighted by molar-refractivity contribution is -0.144. The van der Waals surface area contributed by atoms with Crippen LogP contribution in [0.25, 0.3) is 0 Å². The Morgan fingerprint density at radius 1 is 1.33 bits per heavy atom. The van der Waals surface area contributed by atoms with Crippen molar-refractivity contribution in [3.05, 3.63) is 24.3 Å². The van der Waals surface area contributed by atoms with Crippen molar-refractivity contribution < 1.29 is 23.1 Å². The predicted octanol–water partition coefficient (Wildman–Crippen LogP) is 0.934. The molecular weight excluding hydrogens is 258 g/mol.